The lowest BCUT2D eigenvalue weighted by atomic mass is 10.0. The summed E-state index contributed by atoms with van der Waals surface area (Å²) in [6, 6.07) is 15.4. The summed E-state index contributed by atoms with van der Waals surface area (Å²) < 4.78 is 87.5. The van der Waals surface area contributed by atoms with Gasteiger partial charge in [-0.2, -0.15) is 27.2 Å². The van der Waals surface area contributed by atoms with E-state index in [4.69, 9.17) is 4.74 Å². The summed E-state index contributed by atoms with van der Waals surface area (Å²) in [6.45, 7) is 1.74. The second-order valence-electron chi connectivity index (χ2n) is 9.10. The normalized spacial score (nSPS) is 11.8. The largest absolute Gasteiger partial charge is 0.439 e. The maximum atomic E-state index is 13.8. The molecule has 0 aliphatic rings. The minimum atomic E-state index is -4.95. The van der Waals surface area contributed by atoms with Crippen LogP contribution in [-0.4, -0.2) is 16.2 Å². The number of benzene rings is 2. The number of pyridine rings is 2. The van der Waals surface area contributed by atoms with Crippen LogP contribution in [0.3, 0.4) is 0 Å². The Morgan fingerprint density at radius 3 is 2.23 bits per heavy atom. The first-order valence-corrected chi connectivity index (χ1v) is 11.8. The molecule has 0 atom stereocenters. The van der Waals surface area contributed by atoms with Crippen LogP contribution in [0.1, 0.15) is 33.4 Å². The van der Waals surface area contributed by atoms with Crippen LogP contribution in [0.25, 0.3) is 11.3 Å². The van der Waals surface area contributed by atoms with Gasteiger partial charge in [0.25, 0.3) is 5.56 Å². The zero-order chi connectivity index (χ0) is 29.2. The second kappa shape index (κ2) is 10.9. The van der Waals surface area contributed by atoms with Crippen LogP contribution in [-0.2, 0) is 18.6 Å². The molecule has 0 aliphatic carbocycles. The predicted molar refractivity (Wildman–Crippen MR) is 135 cm³/mol. The van der Waals surface area contributed by atoms with Crippen molar-refractivity contribution in [2.24, 2.45) is 0 Å². The predicted octanol–water partition coefficient (Wildman–Crippen LogP) is 7.32. The molecule has 0 saturated heterocycles. The van der Waals surface area contributed by atoms with Gasteiger partial charge in [-0.15, -0.1) is 0 Å². The number of rotatable bonds is 7. The van der Waals surface area contributed by atoms with Crippen molar-refractivity contribution >= 4 is 0 Å². The van der Waals surface area contributed by atoms with Gasteiger partial charge in [0.1, 0.15) is 17.4 Å². The Bertz CT molecular complexity index is 1640. The number of nitrogens with zero attached hydrogens (tertiary/aromatic N) is 3. The third-order valence-corrected chi connectivity index (χ3v) is 6.24. The van der Waals surface area contributed by atoms with Gasteiger partial charge in [-0.3, -0.25) is 4.79 Å². The van der Waals surface area contributed by atoms with Crippen molar-refractivity contribution in [3.05, 3.63) is 111 Å². The SMILES string of the molecule is Cc1ccc(Cn2c(-c3ccc(Oc4ccc(C(F)(F)CF)cn4)cc3)cc(C(F)(F)F)c(C#N)c2=O)c(C)c1. The van der Waals surface area contributed by atoms with E-state index in [0.717, 1.165) is 40.1 Å². The highest BCUT2D eigenvalue weighted by Gasteiger charge is 2.36. The maximum absolute atomic E-state index is 13.8. The van der Waals surface area contributed by atoms with Crippen molar-refractivity contribution in [2.45, 2.75) is 32.5 Å². The van der Waals surface area contributed by atoms with Crippen molar-refractivity contribution in [2.75, 3.05) is 6.67 Å². The average Bonchev–Trinajstić information content (AvgIpc) is 2.91. The summed E-state index contributed by atoms with van der Waals surface area (Å²) in [5.74, 6) is -3.58. The van der Waals surface area contributed by atoms with Crippen molar-refractivity contribution in [1.82, 2.24) is 9.55 Å². The molecule has 11 heteroatoms. The molecule has 0 fully saturated rings. The first kappa shape index (κ1) is 28.4. The van der Waals surface area contributed by atoms with Gasteiger partial charge in [0.2, 0.25) is 5.88 Å². The van der Waals surface area contributed by atoms with Crippen LogP contribution in [0, 0.1) is 25.2 Å². The molecule has 40 heavy (non-hydrogen) atoms. The summed E-state index contributed by atoms with van der Waals surface area (Å²) in [5, 5.41) is 9.41. The van der Waals surface area contributed by atoms with Crippen molar-refractivity contribution in [1.29, 1.82) is 5.26 Å². The minimum Gasteiger partial charge on any atom is -0.439 e. The summed E-state index contributed by atoms with van der Waals surface area (Å²) in [7, 11) is 0. The summed E-state index contributed by atoms with van der Waals surface area (Å²) >= 11 is 0. The van der Waals surface area contributed by atoms with Crippen LogP contribution in [0.5, 0.6) is 11.6 Å². The number of hydrogen-bond acceptors (Lipinski definition) is 4. The molecule has 0 bridgehead atoms. The molecule has 0 unspecified atom stereocenters. The zero-order valence-electron chi connectivity index (χ0n) is 21.2. The molecule has 4 rings (SSSR count). The van der Waals surface area contributed by atoms with Gasteiger partial charge in [0.15, 0.2) is 6.67 Å². The number of aryl methyl sites for hydroxylation is 2. The van der Waals surface area contributed by atoms with E-state index in [-0.39, 0.29) is 29.4 Å². The Morgan fingerprint density at radius 2 is 1.68 bits per heavy atom. The van der Waals surface area contributed by atoms with E-state index >= 15 is 0 Å². The number of aromatic nitrogens is 2. The van der Waals surface area contributed by atoms with Crippen LogP contribution < -0.4 is 10.3 Å². The summed E-state index contributed by atoms with van der Waals surface area (Å²) in [4.78, 5) is 16.9. The van der Waals surface area contributed by atoms with Crippen molar-refractivity contribution in [3.63, 3.8) is 0 Å². The molecule has 0 spiro atoms. The van der Waals surface area contributed by atoms with Gasteiger partial charge >= 0.3 is 12.1 Å². The summed E-state index contributed by atoms with van der Waals surface area (Å²) in [5.41, 5.74) is -1.42. The van der Waals surface area contributed by atoms with E-state index < -0.39 is 41.0 Å². The number of hydrogen-bond donors (Lipinski definition) is 0. The monoisotopic (exact) mass is 557 g/mol. The molecule has 5 nitrogen and oxygen atoms in total. The topological polar surface area (TPSA) is 67.9 Å². The molecular weight excluding hydrogens is 536 g/mol. The Balaban J connectivity index is 1.74. The molecule has 206 valence electrons. The quantitative estimate of drug-likeness (QED) is 0.223. The van der Waals surface area contributed by atoms with Crippen LogP contribution >= 0.6 is 0 Å². The first-order chi connectivity index (χ1) is 18.8. The molecule has 0 radical (unpaired) electrons. The maximum Gasteiger partial charge on any atom is 0.417 e. The molecule has 0 aliphatic heterocycles. The van der Waals surface area contributed by atoms with E-state index in [1.807, 2.05) is 26.0 Å². The van der Waals surface area contributed by atoms with E-state index in [9.17, 15) is 36.4 Å². The van der Waals surface area contributed by atoms with E-state index in [1.165, 1.54) is 30.3 Å². The van der Waals surface area contributed by atoms with Gasteiger partial charge in [0.05, 0.1) is 17.8 Å². The van der Waals surface area contributed by atoms with Gasteiger partial charge in [-0.1, -0.05) is 23.8 Å². The van der Waals surface area contributed by atoms with Crippen LogP contribution in [0.4, 0.5) is 26.3 Å². The lowest BCUT2D eigenvalue weighted by molar-refractivity contribution is -0.137. The van der Waals surface area contributed by atoms with Gasteiger partial charge in [-0.25, -0.2) is 9.37 Å². The third-order valence-electron chi connectivity index (χ3n) is 6.24. The first-order valence-electron chi connectivity index (χ1n) is 11.8. The van der Waals surface area contributed by atoms with Crippen LogP contribution in [0.15, 0.2) is 71.7 Å². The Labute approximate surface area is 224 Å². The van der Waals surface area contributed by atoms with E-state index in [1.54, 1.807) is 6.07 Å². The smallest absolute Gasteiger partial charge is 0.417 e. The Hall–Kier alpha value is -4.59. The molecule has 2 aromatic heterocycles. The van der Waals surface area contributed by atoms with Crippen LogP contribution in [0.2, 0.25) is 0 Å². The fourth-order valence-corrected chi connectivity index (χ4v) is 4.12. The van der Waals surface area contributed by atoms with Crippen molar-refractivity contribution in [3.8, 4) is 29.0 Å². The summed E-state index contributed by atoms with van der Waals surface area (Å²) in [6.07, 6.45) is -4.16. The van der Waals surface area contributed by atoms with Gasteiger partial charge < -0.3 is 9.30 Å². The Kier molecular flexibility index (Phi) is 7.73. The van der Waals surface area contributed by atoms with E-state index in [2.05, 4.69) is 4.98 Å². The highest BCUT2D eigenvalue weighted by atomic mass is 19.4. The zero-order valence-corrected chi connectivity index (χ0v) is 21.2. The lowest BCUT2D eigenvalue weighted by Crippen LogP contribution is -2.29. The molecule has 0 saturated carbocycles. The van der Waals surface area contributed by atoms with E-state index in [0.29, 0.717) is 5.56 Å². The van der Waals surface area contributed by atoms with Gasteiger partial charge in [0, 0.05) is 17.8 Å². The van der Waals surface area contributed by atoms with Crippen molar-refractivity contribution < 1.29 is 31.1 Å². The fraction of sp³-hybridized carbons (Fsp3) is 0.207. The third kappa shape index (κ3) is 5.86. The minimum absolute atomic E-state index is 0.0706. The molecule has 2 aromatic carbocycles. The number of halogens is 6. The standard InChI is InChI=1S/C29H21F6N3O2/c1-17-3-4-20(18(2)11-17)15-38-25(12-24(29(33,34)35)23(13-36)27(38)39)19-5-8-22(9-6-19)40-26-10-7-21(14-37-26)28(31,32)16-30/h3-12,14H,15-16H2,1-2H3. The number of nitriles is 1. The fourth-order valence-electron chi connectivity index (χ4n) is 4.12. The average molecular weight is 557 g/mol. The van der Waals surface area contributed by atoms with Gasteiger partial charge in [-0.05, 0) is 66.9 Å². The molecule has 0 N–H and O–H groups in total. The second-order valence-corrected chi connectivity index (χ2v) is 9.10. The number of ether oxygens (including phenoxy) is 1. The number of alkyl halides is 6. The highest BCUT2D eigenvalue weighted by Crippen LogP contribution is 2.35. The Morgan fingerprint density at radius 1 is 0.975 bits per heavy atom. The lowest BCUT2D eigenvalue weighted by Gasteiger charge is -2.19. The molecule has 4 aromatic rings. The molecular formula is C29H21F6N3O2. The highest BCUT2D eigenvalue weighted by molar-refractivity contribution is 5.64. The molecule has 2 heterocycles. The molecule has 0 amide bonds.